The van der Waals surface area contributed by atoms with Gasteiger partial charge in [-0.1, -0.05) is 0 Å². The molecule has 1 unspecified atom stereocenters. The zero-order valence-corrected chi connectivity index (χ0v) is 13.5. The van der Waals surface area contributed by atoms with Gasteiger partial charge in [-0.2, -0.15) is 0 Å². The van der Waals surface area contributed by atoms with Crippen molar-refractivity contribution in [2.45, 2.75) is 25.3 Å². The van der Waals surface area contributed by atoms with Crippen molar-refractivity contribution in [3.05, 3.63) is 29.8 Å². The fourth-order valence-corrected chi connectivity index (χ4v) is 4.42. The molecule has 1 aliphatic heterocycles. The van der Waals surface area contributed by atoms with E-state index < -0.39 is 44.7 Å². The van der Waals surface area contributed by atoms with Crippen LogP contribution in [0.3, 0.4) is 0 Å². The van der Waals surface area contributed by atoms with Crippen LogP contribution in [0, 0.1) is 17.0 Å². The van der Waals surface area contributed by atoms with E-state index in [0.717, 1.165) is 12.1 Å². The van der Waals surface area contributed by atoms with Gasteiger partial charge in [0.15, 0.2) is 9.84 Å². The number of nitrogens with one attached hydrogen (secondary N) is 2. The minimum atomic E-state index is -3.15. The van der Waals surface area contributed by atoms with E-state index in [4.69, 9.17) is 0 Å². The van der Waals surface area contributed by atoms with Crippen molar-refractivity contribution in [1.82, 2.24) is 5.32 Å². The van der Waals surface area contributed by atoms with E-state index >= 15 is 0 Å². The number of carbonyl (C=O) groups excluding carboxylic acids is 2. The highest BCUT2D eigenvalue weighted by molar-refractivity contribution is 7.91. The minimum Gasteiger partial charge on any atom is -0.351 e. The largest absolute Gasteiger partial charge is 0.351 e. The highest BCUT2D eigenvalue weighted by atomic mass is 32.2. The van der Waals surface area contributed by atoms with Gasteiger partial charge in [0.2, 0.25) is 11.8 Å². The lowest BCUT2D eigenvalue weighted by atomic mass is 10.0. The summed E-state index contributed by atoms with van der Waals surface area (Å²) in [6.07, 6.45) is 0.915. The minimum absolute atomic E-state index is 0.0118. The van der Waals surface area contributed by atoms with Crippen molar-refractivity contribution in [2.24, 2.45) is 5.41 Å². The Morgan fingerprint density at radius 1 is 1.17 bits per heavy atom. The third kappa shape index (κ3) is 3.26. The first-order chi connectivity index (χ1) is 11.2. The zero-order chi connectivity index (χ0) is 17.5. The van der Waals surface area contributed by atoms with Gasteiger partial charge in [0.25, 0.3) is 0 Å². The van der Waals surface area contributed by atoms with Crippen LogP contribution in [0.15, 0.2) is 18.2 Å². The molecule has 2 amide bonds. The Morgan fingerprint density at radius 3 is 2.42 bits per heavy atom. The third-order valence-electron chi connectivity index (χ3n) is 4.37. The Bertz CT molecular complexity index is 806. The van der Waals surface area contributed by atoms with Gasteiger partial charge in [-0.05, 0) is 31.4 Å². The van der Waals surface area contributed by atoms with Gasteiger partial charge in [0.1, 0.15) is 17.0 Å². The van der Waals surface area contributed by atoms with E-state index in [1.807, 2.05) is 0 Å². The standard InChI is InChI=1S/C15H16F2N2O4S/c16-9-1-2-12(11(17)7-9)19-14(21)15(4-5-15)13(20)18-10-3-6-24(22,23)8-10/h1-2,7,10H,3-6,8H2,(H,18,20)(H,19,21). The van der Waals surface area contributed by atoms with E-state index in [1.165, 1.54) is 0 Å². The van der Waals surface area contributed by atoms with Crippen molar-refractivity contribution < 1.29 is 26.8 Å². The number of sulfone groups is 1. The lowest BCUT2D eigenvalue weighted by Crippen LogP contribution is -2.45. The van der Waals surface area contributed by atoms with Crippen LogP contribution >= 0.6 is 0 Å². The summed E-state index contributed by atoms with van der Waals surface area (Å²) < 4.78 is 49.3. The van der Waals surface area contributed by atoms with Gasteiger partial charge < -0.3 is 10.6 Å². The average molecular weight is 358 g/mol. The zero-order valence-electron chi connectivity index (χ0n) is 12.6. The van der Waals surface area contributed by atoms with Crippen molar-refractivity contribution in [2.75, 3.05) is 16.8 Å². The molecule has 2 aliphatic rings. The molecule has 130 valence electrons. The number of amides is 2. The molecule has 1 saturated carbocycles. The monoisotopic (exact) mass is 358 g/mol. The Balaban J connectivity index is 1.66. The lowest BCUT2D eigenvalue weighted by molar-refractivity contribution is -0.134. The summed E-state index contributed by atoms with van der Waals surface area (Å²) in [5.74, 6) is -3.05. The van der Waals surface area contributed by atoms with Gasteiger partial charge in [-0.3, -0.25) is 9.59 Å². The lowest BCUT2D eigenvalue weighted by Gasteiger charge is -2.18. The first kappa shape index (κ1) is 16.8. The van der Waals surface area contributed by atoms with Crippen LogP contribution in [0.1, 0.15) is 19.3 Å². The molecule has 0 bridgehead atoms. The predicted octanol–water partition coefficient (Wildman–Crippen LogP) is 0.987. The topological polar surface area (TPSA) is 92.3 Å². The second-order valence-corrected chi connectivity index (χ2v) is 8.46. The molecule has 3 rings (SSSR count). The molecule has 1 atom stereocenters. The smallest absolute Gasteiger partial charge is 0.240 e. The van der Waals surface area contributed by atoms with Crippen molar-refractivity contribution in [1.29, 1.82) is 0 Å². The van der Waals surface area contributed by atoms with Gasteiger partial charge in [-0.15, -0.1) is 0 Å². The summed E-state index contributed by atoms with van der Waals surface area (Å²) in [7, 11) is -3.15. The second-order valence-electron chi connectivity index (χ2n) is 6.23. The molecule has 1 aromatic rings. The molecule has 1 aromatic carbocycles. The predicted molar refractivity (Wildman–Crippen MR) is 81.9 cm³/mol. The van der Waals surface area contributed by atoms with E-state index in [9.17, 15) is 26.8 Å². The van der Waals surface area contributed by atoms with E-state index in [-0.39, 0.29) is 17.2 Å². The van der Waals surface area contributed by atoms with Gasteiger partial charge >= 0.3 is 0 Å². The summed E-state index contributed by atoms with van der Waals surface area (Å²) in [6.45, 7) is 0. The van der Waals surface area contributed by atoms with Crippen LogP contribution in [-0.4, -0.2) is 37.8 Å². The summed E-state index contributed by atoms with van der Waals surface area (Å²) in [6, 6.07) is 2.22. The molecular formula is C15H16F2N2O4S. The van der Waals surface area contributed by atoms with Crippen LogP contribution in [0.4, 0.5) is 14.5 Å². The van der Waals surface area contributed by atoms with Gasteiger partial charge in [0.05, 0.1) is 17.2 Å². The number of benzene rings is 1. The Hall–Kier alpha value is -2.03. The normalized spacial score (nSPS) is 23.5. The first-order valence-corrected chi connectivity index (χ1v) is 9.32. The molecule has 6 nitrogen and oxygen atoms in total. The van der Waals surface area contributed by atoms with E-state index in [0.29, 0.717) is 25.3 Å². The fourth-order valence-electron chi connectivity index (χ4n) is 2.75. The molecule has 24 heavy (non-hydrogen) atoms. The average Bonchev–Trinajstić information content (AvgIpc) is 3.23. The first-order valence-electron chi connectivity index (χ1n) is 7.50. The van der Waals surface area contributed by atoms with Gasteiger partial charge in [0, 0.05) is 12.1 Å². The summed E-state index contributed by atoms with van der Waals surface area (Å²) >= 11 is 0. The summed E-state index contributed by atoms with van der Waals surface area (Å²) in [4.78, 5) is 24.7. The molecule has 1 saturated heterocycles. The number of carbonyl (C=O) groups is 2. The summed E-state index contributed by atoms with van der Waals surface area (Å²) in [5.41, 5.74) is -1.52. The molecule has 0 spiro atoms. The number of hydrogen-bond donors (Lipinski definition) is 2. The fraction of sp³-hybridized carbons (Fsp3) is 0.467. The number of halogens is 2. The SMILES string of the molecule is O=C(Nc1ccc(F)cc1F)C1(C(=O)NC2CCS(=O)(=O)C2)CC1. The maximum absolute atomic E-state index is 13.6. The molecule has 2 fully saturated rings. The molecule has 2 N–H and O–H groups in total. The maximum Gasteiger partial charge on any atom is 0.240 e. The van der Waals surface area contributed by atoms with E-state index in [1.54, 1.807) is 0 Å². The Labute approximate surface area is 137 Å². The van der Waals surface area contributed by atoms with E-state index in [2.05, 4.69) is 10.6 Å². The van der Waals surface area contributed by atoms with Gasteiger partial charge in [-0.25, -0.2) is 17.2 Å². The maximum atomic E-state index is 13.6. The highest BCUT2D eigenvalue weighted by Gasteiger charge is 2.57. The molecular weight excluding hydrogens is 342 g/mol. The molecule has 1 heterocycles. The molecule has 0 radical (unpaired) electrons. The van der Waals surface area contributed by atoms with Crippen LogP contribution in [-0.2, 0) is 19.4 Å². The highest BCUT2D eigenvalue weighted by Crippen LogP contribution is 2.47. The van der Waals surface area contributed by atoms with Crippen LogP contribution < -0.4 is 10.6 Å². The van der Waals surface area contributed by atoms with Crippen molar-refractivity contribution in [3.63, 3.8) is 0 Å². The number of rotatable bonds is 4. The van der Waals surface area contributed by atoms with Crippen LogP contribution in [0.25, 0.3) is 0 Å². The molecule has 9 heteroatoms. The summed E-state index contributed by atoms with van der Waals surface area (Å²) in [5, 5.41) is 4.90. The van der Waals surface area contributed by atoms with Crippen LogP contribution in [0.5, 0.6) is 0 Å². The van der Waals surface area contributed by atoms with Crippen molar-refractivity contribution >= 4 is 27.3 Å². The van der Waals surface area contributed by atoms with Crippen molar-refractivity contribution in [3.8, 4) is 0 Å². The van der Waals surface area contributed by atoms with Crippen LogP contribution in [0.2, 0.25) is 0 Å². The quantitative estimate of drug-likeness (QED) is 0.785. The Morgan fingerprint density at radius 2 is 1.88 bits per heavy atom. The molecule has 0 aromatic heterocycles. The third-order valence-corrected chi connectivity index (χ3v) is 6.13. The number of anilines is 1. The number of hydrogen-bond acceptors (Lipinski definition) is 4. The second kappa shape index (κ2) is 5.80. The Kier molecular flexibility index (Phi) is 4.06. The molecule has 1 aliphatic carbocycles.